The predicted octanol–water partition coefficient (Wildman–Crippen LogP) is 2.92. The molecule has 1 N–H and O–H groups in total. The number of aryl methyl sites for hydroxylation is 1. The highest BCUT2D eigenvalue weighted by Gasteiger charge is 2.24. The van der Waals surface area contributed by atoms with Gasteiger partial charge in [-0.2, -0.15) is 4.72 Å². The number of aromatic nitrogens is 1. The van der Waals surface area contributed by atoms with E-state index in [1.54, 1.807) is 13.8 Å². The van der Waals surface area contributed by atoms with Crippen molar-refractivity contribution in [1.82, 2.24) is 9.71 Å². The summed E-state index contributed by atoms with van der Waals surface area (Å²) in [6.45, 7) is 3.27. The number of sulfonamides is 1. The molecule has 2 rings (SSSR count). The molecular weight excluding hydrogens is 351 g/mol. The number of benzene rings is 1. The highest BCUT2D eigenvalue weighted by atomic mass is 79.9. The number of hydrogen-bond acceptors (Lipinski definition) is 4. The van der Waals surface area contributed by atoms with Gasteiger partial charge in [-0.1, -0.05) is 15.9 Å². The topological polar surface area (TPSA) is 72.2 Å². The number of hydrogen-bond donors (Lipinski definition) is 1. The molecule has 1 atom stereocenters. The van der Waals surface area contributed by atoms with Gasteiger partial charge >= 0.3 is 0 Å². The minimum absolute atomic E-state index is 0.226. The Morgan fingerprint density at radius 1 is 1.45 bits per heavy atom. The van der Waals surface area contributed by atoms with Crippen LogP contribution in [0.2, 0.25) is 0 Å². The first-order chi connectivity index (χ1) is 9.29. The summed E-state index contributed by atoms with van der Waals surface area (Å²) in [4.78, 5) is 3.51. The van der Waals surface area contributed by atoms with E-state index < -0.39 is 26.8 Å². The summed E-state index contributed by atoms with van der Waals surface area (Å²) in [6, 6.07) is 3.04. The first kappa shape index (κ1) is 15.1. The van der Waals surface area contributed by atoms with Gasteiger partial charge in [0.2, 0.25) is 15.9 Å². The Labute approximate surface area is 124 Å². The molecule has 8 heteroatoms. The molecule has 0 spiro atoms. The van der Waals surface area contributed by atoms with E-state index in [0.29, 0.717) is 10.2 Å². The molecule has 20 heavy (non-hydrogen) atoms. The van der Waals surface area contributed by atoms with Crippen LogP contribution in [0, 0.1) is 12.7 Å². The van der Waals surface area contributed by atoms with E-state index in [9.17, 15) is 12.8 Å². The average Bonchev–Trinajstić information content (AvgIpc) is 2.74. The first-order valence-corrected chi connectivity index (χ1v) is 7.97. The van der Waals surface area contributed by atoms with Crippen LogP contribution >= 0.6 is 15.9 Å². The summed E-state index contributed by atoms with van der Waals surface area (Å²) in [5.41, 5.74) is 0. The lowest BCUT2D eigenvalue weighted by molar-refractivity contribution is 0.427. The molecule has 0 radical (unpaired) electrons. The van der Waals surface area contributed by atoms with E-state index >= 15 is 0 Å². The van der Waals surface area contributed by atoms with Gasteiger partial charge in [-0.25, -0.2) is 17.8 Å². The van der Waals surface area contributed by atoms with Crippen LogP contribution in [-0.2, 0) is 10.0 Å². The predicted molar refractivity (Wildman–Crippen MR) is 74.1 cm³/mol. The highest BCUT2D eigenvalue weighted by molar-refractivity contribution is 9.10. The van der Waals surface area contributed by atoms with Gasteiger partial charge in [0.1, 0.15) is 16.5 Å². The lowest BCUT2D eigenvalue weighted by Crippen LogP contribution is -2.27. The van der Waals surface area contributed by atoms with Crippen LogP contribution in [-0.4, -0.2) is 13.4 Å². The summed E-state index contributed by atoms with van der Waals surface area (Å²) in [6.07, 6.45) is 1.49. The van der Waals surface area contributed by atoms with Gasteiger partial charge < -0.3 is 4.42 Å². The van der Waals surface area contributed by atoms with Crippen LogP contribution in [0.15, 0.2) is 38.2 Å². The zero-order valence-corrected chi connectivity index (χ0v) is 13.1. The van der Waals surface area contributed by atoms with Crippen molar-refractivity contribution in [2.75, 3.05) is 0 Å². The monoisotopic (exact) mass is 362 g/mol. The van der Waals surface area contributed by atoms with Gasteiger partial charge in [-0.15, -0.1) is 0 Å². The summed E-state index contributed by atoms with van der Waals surface area (Å²) in [5, 5.41) is 0. The van der Waals surface area contributed by atoms with E-state index in [-0.39, 0.29) is 5.89 Å². The van der Waals surface area contributed by atoms with Crippen molar-refractivity contribution in [2.24, 2.45) is 0 Å². The fourth-order valence-corrected chi connectivity index (χ4v) is 3.20. The number of nitrogens with one attached hydrogen (secondary N) is 1. The summed E-state index contributed by atoms with van der Waals surface area (Å²) >= 11 is 3.07. The number of nitrogens with zero attached hydrogens (tertiary/aromatic N) is 1. The van der Waals surface area contributed by atoms with E-state index in [1.165, 1.54) is 18.3 Å². The van der Waals surface area contributed by atoms with Crippen molar-refractivity contribution < 1.29 is 17.2 Å². The molecule has 0 aliphatic carbocycles. The molecule has 0 bridgehead atoms. The van der Waals surface area contributed by atoms with Crippen LogP contribution in [0.4, 0.5) is 4.39 Å². The molecule has 0 amide bonds. The second-order valence-electron chi connectivity index (χ2n) is 4.23. The minimum atomic E-state index is -3.99. The third kappa shape index (κ3) is 3.25. The van der Waals surface area contributed by atoms with Crippen LogP contribution in [0.1, 0.15) is 24.6 Å². The molecule has 0 fully saturated rings. The fraction of sp³-hybridized carbons (Fsp3) is 0.250. The van der Waals surface area contributed by atoms with E-state index in [4.69, 9.17) is 4.42 Å². The van der Waals surface area contributed by atoms with Gasteiger partial charge in [-0.3, -0.25) is 0 Å². The minimum Gasteiger partial charge on any atom is -0.444 e. The molecule has 1 heterocycles. The second kappa shape index (κ2) is 5.63. The van der Waals surface area contributed by atoms with Crippen molar-refractivity contribution in [3.63, 3.8) is 0 Å². The largest absolute Gasteiger partial charge is 0.444 e. The van der Waals surface area contributed by atoms with Gasteiger partial charge in [-0.05, 0) is 32.0 Å². The Bertz CT molecular complexity index is 730. The third-order valence-electron chi connectivity index (χ3n) is 2.52. The SMILES string of the molecule is Cc1cnc(C(C)NS(=O)(=O)c2ccc(Br)cc2F)o1. The Hall–Kier alpha value is -1.25. The van der Waals surface area contributed by atoms with Crippen LogP contribution < -0.4 is 4.72 Å². The van der Waals surface area contributed by atoms with Crippen LogP contribution in [0.5, 0.6) is 0 Å². The van der Waals surface area contributed by atoms with E-state index in [0.717, 1.165) is 6.07 Å². The average molecular weight is 363 g/mol. The number of oxazole rings is 1. The highest BCUT2D eigenvalue weighted by Crippen LogP contribution is 2.21. The Morgan fingerprint density at radius 2 is 2.15 bits per heavy atom. The molecular formula is C12H12BrFN2O3S. The maximum Gasteiger partial charge on any atom is 0.244 e. The smallest absolute Gasteiger partial charge is 0.244 e. The molecule has 0 saturated heterocycles. The third-order valence-corrected chi connectivity index (χ3v) is 4.59. The lowest BCUT2D eigenvalue weighted by Gasteiger charge is -2.12. The zero-order chi connectivity index (χ0) is 14.9. The maximum atomic E-state index is 13.7. The molecule has 2 aromatic rings. The first-order valence-electron chi connectivity index (χ1n) is 5.69. The van der Waals surface area contributed by atoms with E-state index in [2.05, 4.69) is 25.6 Å². The fourth-order valence-electron chi connectivity index (χ4n) is 1.61. The molecule has 108 valence electrons. The Morgan fingerprint density at radius 3 is 2.70 bits per heavy atom. The van der Waals surface area contributed by atoms with Crippen molar-refractivity contribution in [3.05, 3.63) is 46.3 Å². The van der Waals surface area contributed by atoms with Crippen LogP contribution in [0.25, 0.3) is 0 Å². The van der Waals surface area contributed by atoms with Gasteiger partial charge in [0.25, 0.3) is 0 Å². The molecule has 1 aromatic carbocycles. The maximum absolute atomic E-state index is 13.7. The summed E-state index contributed by atoms with van der Waals surface area (Å²) in [5.74, 6) is -0.0351. The molecule has 0 aliphatic rings. The van der Waals surface area contributed by atoms with Crippen molar-refractivity contribution in [3.8, 4) is 0 Å². The van der Waals surface area contributed by atoms with Gasteiger partial charge in [0, 0.05) is 4.47 Å². The molecule has 1 aromatic heterocycles. The Balaban J connectivity index is 2.27. The molecule has 5 nitrogen and oxygen atoms in total. The summed E-state index contributed by atoms with van der Waals surface area (Å²) in [7, 11) is -3.99. The van der Waals surface area contributed by atoms with Crippen LogP contribution in [0.3, 0.4) is 0 Å². The standard InChI is InChI=1S/C12H12BrFN2O3S/c1-7-6-15-12(19-7)8(2)16-20(17,18)11-4-3-9(13)5-10(11)14/h3-6,8,16H,1-2H3. The molecule has 0 saturated carbocycles. The normalized spacial score (nSPS) is 13.4. The lowest BCUT2D eigenvalue weighted by atomic mass is 10.3. The van der Waals surface area contributed by atoms with E-state index in [1.807, 2.05) is 0 Å². The molecule has 0 aliphatic heterocycles. The zero-order valence-electron chi connectivity index (χ0n) is 10.7. The quantitative estimate of drug-likeness (QED) is 0.907. The van der Waals surface area contributed by atoms with Gasteiger partial charge in [0.05, 0.1) is 12.2 Å². The van der Waals surface area contributed by atoms with Crippen molar-refractivity contribution in [1.29, 1.82) is 0 Å². The van der Waals surface area contributed by atoms with Crippen molar-refractivity contribution >= 4 is 26.0 Å². The second-order valence-corrected chi connectivity index (χ2v) is 6.82. The number of halogens is 2. The number of rotatable bonds is 4. The summed E-state index contributed by atoms with van der Waals surface area (Å²) < 4.78 is 46.0. The van der Waals surface area contributed by atoms with Crippen molar-refractivity contribution in [2.45, 2.75) is 24.8 Å². The molecule has 1 unspecified atom stereocenters. The Kier molecular flexibility index (Phi) is 4.26. The van der Waals surface area contributed by atoms with Gasteiger partial charge in [0.15, 0.2) is 0 Å².